The summed E-state index contributed by atoms with van der Waals surface area (Å²) < 4.78 is 10.5. The molecule has 1 aliphatic heterocycles. The van der Waals surface area contributed by atoms with E-state index in [2.05, 4.69) is 0 Å². The van der Waals surface area contributed by atoms with E-state index < -0.39 is 0 Å². The Labute approximate surface area is 90.2 Å². The van der Waals surface area contributed by atoms with Crippen LogP contribution in [0.2, 0.25) is 0 Å². The molecule has 82 valence electrons. The van der Waals surface area contributed by atoms with Gasteiger partial charge in [0.2, 0.25) is 0 Å². The van der Waals surface area contributed by atoms with Crippen LogP contribution in [-0.4, -0.2) is 20.3 Å². The second-order valence-corrected chi connectivity index (χ2v) is 4.00. The summed E-state index contributed by atoms with van der Waals surface area (Å²) in [7, 11) is 1.67. The summed E-state index contributed by atoms with van der Waals surface area (Å²) in [6.07, 6.45) is 1.78. The van der Waals surface area contributed by atoms with Crippen LogP contribution >= 0.6 is 0 Å². The van der Waals surface area contributed by atoms with Crippen LogP contribution in [0, 0.1) is 0 Å². The van der Waals surface area contributed by atoms with Crippen molar-refractivity contribution in [1.29, 1.82) is 0 Å². The summed E-state index contributed by atoms with van der Waals surface area (Å²) >= 11 is 0. The van der Waals surface area contributed by atoms with E-state index in [0.717, 1.165) is 31.8 Å². The molecule has 2 N–H and O–H groups in total. The van der Waals surface area contributed by atoms with Crippen molar-refractivity contribution in [2.24, 2.45) is 5.73 Å². The molecule has 0 spiro atoms. The van der Waals surface area contributed by atoms with Gasteiger partial charge in [-0.05, 0) is 30.5 Å². The molecule has 3 nitrogen and oxygen atoms in total. The summed E-state index contributed by atoms with van der Waals surface area (Å²) in [4.78, 5) is 0. The summed E-state index contributed by atoms with van der Waals surface area (Å²) in [6.45, 7) is 1.51. The monoisotopic (exact) mass is 207 g/mol. The van der Waals surface area contributed by atoms with Crippen molar-refractivity contribution in [3.8, 4) is 5.75 Å². The lowest BCUT2D eigenvalue weighted by atomic mass is 9.84. The number of hydrogen-bond acceptors (Lipinski definition) is 3. The molecular formula is C12H17NO2. The predicted octanol–water partition coefficient (Wildman–Crippen LogP) is 1.66. The molecule has 1 aromatic rings. The van der Waals surface area contributed by atoms with Gasteiger partial charge in [0.25, 0.3) is 0 Å². The van der Waals surface area contributed by atoms with Crippen LogP contribution in [0.4, 0.5) is 0 Å². The highest BCUT2D eigenvalue weighted by molar-refractivity contribution is 5.31. The molecule has 0 bridgehead atoms. The lowest BCUT2D eigenvalue weighted by Crippen LogP contribution is -2.42. The molecular weight excluding hydrogens is 190 g/mol. The van der Waals surface area contributed by atoms with Gasteiger partial charge in [0, 0.05) is 18.8 Å². The number of methoxy groups -OCH3 is 1. The first-order valence-electron chi connectivity index (χ1n) is 5.26. The average molecular weight is 207 g/mol. The molecule has 1 heterocycles. The smallest absolute Gasteiger partial charge is 0.118 e. The highest BCUT2D eigenvalue weighted by Gasteiger charge is 2.29. The molecule has 1 aliphatic rings. The van der Waals surface area contributed by atoms with Gasteiger partial charge in [0.15, 0.2) is 0 Å². The Morgan fingerprint density at radius 2 is 1.80 bits per heavy atom. The first-order chi connectivity index (χ1) is 7.24. The lowest BCUT2D eigenvalue weighted by molar-refractivity contribution is 0.0522. The van der Waals surface area contributed by atoms with E-state index in [1.165, 1.54) is 5.56 Å². The van der Waals surface area contributed by atoms with Crippen LogP contribution in [0.5, 0.6) is 5.75 Å². The molecule has 1 fully saturated rings. The molecule has 1 saturated heterocycles. The Hall–Kier alpha value is -1.06. The van der Waals surface area contributed by atoms with E-state index >= 15 is 0 Å². The van der Waals surface area contributed by atoms with Gasteiger partial charge in [-0.3, -0.25) is 0 Å². The highest BCUT2D eigenvalue weighted by atomic mass is 16.5. The fraction of sp³-hybridized carbons (Fsp3) is 0.500. The minimum atomic E-state index is -0.218. The minimum Gasteiger partial charge on any atom is -0.497 e. The zero-order valence-corrected chi connectivity index (χ0v) is 9.03. The van der Waals surface area contributed by atoms with Gasteiger partial charge in [0.1, 0.15) is 5.75 Å². The topological polar surface area (TPSA) is 44.5 Å². The van der Waals surface area contributed by atoms with E-state index in [9.17, 15) is 0 Å². The van der Waals surface area contributed by atoms with E-state index in [4.69, 9.17) is 15.2 Å². The summed E-state index contributed by atoms with van der Waals surface area (Å²) in [5.74, 6) is 0.870. The molecule has 1 aromatic carbocycles. The van der Waals surface area contributed by atoms with E-state index in [0.29, 0.717) is 0 Å². The van der Waals surface area contributed by atoms with Crippen LogP contribution in [0.3, 0.4) is 0 Å². The first-order valence-corrected chi connectivity index (χ1v) is 5.26. The van der Waals surface area contributed by atoms with Crippen LogP contribution in [0.25, 0.3) is 0 Å². The molecule has 0 aromatic heterocycles. The van der Waals surface area contributed by atoms with Crippen molar-refractivity contribution in [2.75, 3.05) is 20.3 Å². The van der Waals surface area contributed by atoms with Gasteiger partial charge in [-0.25, -0.2) is 0 Å². The van der Waals surface area contributed by atoms with Crippen molar-refractivity contribution < 1.29 is 9.47 Å². The average Bonchev–Trinajstić information content (AvgIpc) is 2.30. The second-order valence-electron chi connectivity index (χ2n) is 4.00. The van der Waals surface area contributed by atoms with E-state index in [1.807, 2.05) is 24.3 Å². The minimum absolute atomic E-state index is 0.218. The third kappa shape index (κ3) is 2.13. The fourth-order valence-corrected chi connectivity index (χ4v) is 1.95. The maximum Gasteiger partial charge on any atom is 0.118 e. The zero-order chi connectivity index (χ0) is 10.7. The van der Waals surface area contributed by atoms with Gasteiger partial charge in [0.05, 0.1) is 7.11 Å². The second kappa shape index (κ2) is 4.21. The summed E-state index contributed by atoms with van der Waals surface area (Å²) in [5.41, 5.74) is 7.31. The Bertz CT molecular complexity index is 315. The quantitative estimate of drug-likeness (QED) is 0.802. The lowest BCUT2D eigenvalue weighted by Gasteiger charge is -2.33. The predicted molar refractivity (Wildman–Crippen MR) is 58.9 cm³/mol. The molecule has 0 aliphatic carbocycles. The molecule has 0 atom stereocenters. The van der Waals surface area contributed by atoms with Gasteiger partial charge in [-0.1, -0.05) is 12.1 Å². The van der Waals surface area contributed by atoms with E-state index in [-0.39, 0.29) is 5.54 Å². The number of benzene rings is 1. The number of rotatable bonds is 2. The normalized spacial score (nSPS) is 19.9. The number of ether oxygens (including phenoxy) is 2. The van der Waals surface area contributed by atoms with Gasteiger partial charge < -0.3 is 15.2 Å². The molecule has 2 rings (SSSR count). The maximum atomic E-state index is 6.35. The van der Waals surface area contributed by atoms with Crippen LogP contribution in [0.1, 0.15) is 18.4 Å². The maximum absolute atomic E-state index is 6.35. The van der Waals surface area contributed by atoms with E-state index in [1.54, 1.807) is 7.11 Å². The molecule has 0 radical (unpaired) electrons. The first kappa shape index (κ1) is 10.5. The summed E-state index contributed by atoms with van der Waals surface area (Å²) in [5, 5.41) is 0. The number of nitrogens with two attached hydrogens (primary N) is 1. The van der Waals surface area contributed by atoms with Crippen LogP contribution < -0.4 is 10.5 Å². The van der Waals surface area contributed by atoms with Crippen molar-refractivity contribution in [3.63, 3.8) is 0 Å². The Kier molecular flexibility index (Phi) is 2.93. The third-order valence-corrected chi connectivity index (χ3v) is 3.05. The fourth-order valence-electron chi connectivity index (χ4n) is 1.95. The Balaban J connectivity index is 2.20. The molecule has 15 heavy (non-hydrogen) atoms. The largest absolute Gasteiger partial charge is 0.497 e. The standard InChI is InChI=1S/C12H17NO2/c1-14-11-4-2-10(3-5-11)12(13)6-8-15-9-7-12/h2-5H,6-9,13H2,1H3. The Morgan fingerprint density at radius 1 is 1.20 bits per heavy atom. The zero-order valence-electron chi connectivity index (χ0n) is 9.03. The summed E-state index contributed by atoms with van der Waals surface area (Å²) in [6, 6.07) is 8.01. The molecule has 0 saturated carbocycles. The molecule has 0 unspecified atom stereocenters. The van der Waals surface area contributed by atoms with Crippen molar-refractivity contribution in [3.05, 3.63) is 29.8 Å². The van der Waals surface area contributed by atoms with Crippen LogP contribution in [-0.2, 0) is 10.3 Å². The SMILES string of the molecule is COc1ccc(C2(N)CCOCC2)cc1. The molecule has 0 amide bonds. The van der Waals surface area contributed by atoms with Gasteiger partial charge in [-0.2, -0.15) is 0 Å². The molecule has 3 heteroatoms. The van der Waals surface area contributed by atoms with Crippen molar-refractivity contribution >= 4 is 0 Å². The third-order valence-electron chi connectivity index (χ3n) is 3.05. The number of hydrogen-bond donors (Lipinski definition) is 1. The van der Waals surface area contributed by atoms with Gasteiger partial charge in [-0.15, -0.1) is 0 Å². The van der Waals surface area contributed by atoms with Gasteiger partial charge >= 0.3 is 0 Å². The van der Waals surface area contributed by atoms with Crippen molar-refractivity contribution in [2.45, 2.75) is 18.4 Å². The van der Waals surface area contributed by atoms with Crippen molar-refractivity contribution in [1.82, 2.24) is 0 Å². The van der Waals surface area contributed by atoms with Crippen LogP contribution in [0.15, 0.2) is 24.3 Å². The highest BCUT2D eigenvalue weighted by Crippen LogP contribution is 2.30. The Morgan fingerprint density at radius 3 is 2.33 bits per heavy atom.